The van der Waals surface area contributed by atoms with Gasteiger partial charge >= 0.3 is 0 Å². The number of rotatable bonds is 5. The van der Waals surface area contributed by atoms with Crippen molar-refractivity contribution in [2.24, 2.45) is 35.5 Å². The van der Waals surface area contributed by atoms with Crippen LogP contribution in [0.15, 0.2) is 0 Å². The van der Waals surface area contributed by atoms with Gasteiger partial charge in [0, 0.05) is 0 Å². The second-order valence-corrected chi connectivity index (χ2v) is 11.0. The quantitative estimate of drug-likeness (QED) is 0.438. The summed E-state index contributed by atoms with van der Waals surface area (Å²) in [5.41, 5.74) is 0. The van der Waals surface area contributed by atoms with Gasteiger partial charge in [-0.15, -0.1) is 0 Å². The fourth-order valence-corrected chi connectivity index (χ4v) is 6.77. The van der Waals surface area contributed by atoms with Gasteiger partial charge in [-0.2, -0.15) is 0 Å². The molecule has 28 heavy (non-hydrogen) atoms. The van der Waals surface area contributed by atoms with Gasteiger partial charge in [0.05, 0.1) is 0 Å². The molecule has 0 aromatic carbocycles. The molecule has 3 rings (SSSR count). The maximum absolute atomic E-state index is 2.59. The van der Waals surface area contributed by atoms with Gasteiger partial charge in [0.15, 0.2) is 0 Å². The first kappa shape index (κ1) is 24.3. The van der Waals surface area contributed by atoms with Crippen molar-refractivity contribution in [3.8, 4) is 0 Å². The third kappa shape index (κ3) is 8.39. The lowest BCUT2D eigenvalue weighted by Gasteiger charge is -2.30. The third-order valence-corrected chi connectivity index (χ3v) is 8.78. The van der Waals surface area contributed by atoms with E-state index in [0.29, 0.717) is 0 Å². The van der Waals surface area contributed by atoms with Gasteiger partial charge in [-0.3, -0.25) is 0 Å². The van der Waals surface area contributed by atoms with E-state index in [4.69, 9.17) is 0 Å². The lowest BCUT2D eigenvalue weighted by Crippen LogP contribution is -2.20. The van der Waals surface area contributed by atoms with Gasteiger partial charge in [0.25, 0.3) is 0 Å². The molecular formula is C28H54. The van der Waals surface area contributed by atoms with E-state index in [1.807, 2.05) is 0 Å². The summed E-state index contributed by atoms with van der Waals surface area (Å²) in [5, 5.41) is 0. The molecule has 0 nitrogen and oxygen atoms in total. The van der Waals surface area contributed by atoms with E-state index in [9.17, 15) is 0 Å². The summed E-state index contributed by atoms with van der Waals surface area (Å²) in [6, 6.07) is 0. The minimum Gasteiger partial charge on any atom is -0.0654 e. The Morgan fingerprint density at radius 3 is 1.64 bits per heavy atom. The lowest BCUT2D eigenvalue weighted by molar-refractivity contribution is 0.203. The summed E-state index contributed by atoms with van der Waals surface area (Å²) in [6.07, 6.45) is 27.2. The van der Waals surface area contributed by atoms with E-state index in [1.165, 1.54) is 77.0 Å². The molecule has 0 spiro atoms. The Morgan fingerprint density at radius 2 is 1.14 bits per heavy atom. The summed E-state index contributed by atoms with van der Waals surface area (Å²) in [4.78, 5) is 0. The summed E-state index contributed by atoms with van der Waals surface area (Å²) >= 11 is 0. The second kappa shape index (κ2) is 14.1. The van der Waals surface area contributed by atoms with E-state index >= 15 is 0 Å². The molecule has 0 heteroatoms. The average Bonchev–Trinajstić information content (AvgIpc) is 3.16. The molecule has 0 aromatic heterocycles. The fourth-order valence-electron chi connectivity index (χ4n) is 6.77. The van der Waals surface area contributed by atoms with Crippen LogP contribution in [0.3, 0.4) is 0 Å². The van der Waals surface area contributed by atoms with Gasteiger partial charge in [-0.1, -0.05) is 130 Å². The molecule has 0 radical (unpaired) electrons. The Bertz CT molecular complexity index is 356. The van der Waals surface area contributed by atoms with Gasteiger partial charge in [0.1, 0.15) is 0 Å². The Balaban J connectivity index is 0.000000345. The maximum atomic E-state index is 2.59. The monoisotopic (exact) mass is 390 g/mol. The van der Waals surface area contributed by atoms with Crippen molar-refractivity contribution in [3.63, 3.8) is 0 Å². The molecule has 166 valence electrons. The number of hydrogen-bond donors (Lipinski definition) is 0. The van der Waals surface area contributed by atoms with E-state index in [-0.39, 0.29) is 0 Å². The van der Waals surface area contributed by atoms with Crippen LogP contribution in [0.5, 0.6) is 0 Å². The van der Waals surface area contributed by atoms with Gasteiger partial charge in [-0.05, 0) is 48.3 Å². The molecule has 3 fully saturated rings. The van der Waals surface area contributed by atoms with Crippen molar-refractivity contribution in [2.45, 2.75) is 143 Å². The Labute approximate surface area is 179 Å². The van der Waals surface area contributed by atoms with Gasteiger partial charge in [0.2, 0.25) is 0 Å². The van der Waals surface area contributed by atoms with Crippen molar-refractivity contribution in [2.75, 3.05) is 0 Å². The predicted octanol–water partition coefficient (Wildman–Crippen LogP) is 9.81. The molecule has 0 aromatic rings. The van der Waals surface area contributed by atoms with Crippen LogP contribution in [0.4, 0.5) is 0 Å². The molecule has 0 N–H and O–H groups in total. The lowest BCUT2D eigenvalue weighted by atomic mass is 9.75. The molecule has 3 aliphatic rings. The van der Waals surface area contributed by atoms with Crippen LogP contribution >= 0.6 is 0 Å². The van der Waals surface area contributed by atoms with E-state index in [2.05, 4.69) is 27.7 Å². The molecule has 4 atom stereocenters. The Morgan fingerprint density at radius 1 is 0.643 bits per heavy atom. The molecule has 3 saturated carbocycles. The van der Waals surface area contributed by atoms with E-state index < -0.39 is 0 Å². The summed E-state index contributed by atoms with van der Waals surface area (Å²) in [7, 11) is 0. The SMILES string of the molecule is CC1CC(C2CCCCCCCC2)CC1C1CCCCC1.CCCC(C)CC. The van der Waals surface area contributed by atoms with E-state index in [1.54, 1.807) is 38.5 Å². The molecule has 0 bridgehead atoms. The predicted molar refractivity (Wildman–Crippen MR) is 127 cm³/mol. The highest BCUT2D eigenvalue weighted by molar-refractivity contribution is 4.89. The standard InChI is InChI=1S/C21H38.C7H16/c1-17-15-20(16-21(17)19-13-9-6-10-14-19)18-11-7-4-2-3-5-8-12-18;1-4-6-7(3)5-2/h17-21H,2-16H2,1H3;7H,4-6H2,1-3H3. The minimum absolute atomic E-state index is 0.949. The topological polar surface area (TPSA) is 0 Å². The molecular weight excluding hydrogens is 336 g/mol. The first-order valence-electron chi connectivity index (χ1n) is 13.7. The molecule has 0 amide bonds. The molecule has 4 unspecified atom stereocenters. The highest BCUT2D eigenvalue weighted by Gasteiger charge is 2.39. The van der Waals surface area contributed by atoms with Crippen LogP contribution in [0.1, 0.15) is 143 Å². The van der Waals surface area contributed by atoms with Crippen molar-refractivity contribution in [1.82, 2.24) is 0 Å². The van der Waals surface area contributed by atoms with Crippen LogP contribution < -0.4 is 0 Å². The molecule has 3 aliphatic carbocycles. The van der Waals surface area contributed by atoms with Crippen molar-refractivity contribution in [1.29, 1.82) is 0 Å². The molecule has 0 aliphatic heterocycles. The molecule has 0 saturated heterocycles. The summed E-state index contributed by atoms with van der Waals surface area (Å²) in [5.74, 6) is 6.39. The van der Waals surface area contributed by atoms with Crippen LogP contribution in [0, 0.1) is 35.5 Å². The van der Waals surface area contributed by atoms with Crippen LogP contribution in [-0.2, 0) is 0 Å². The molecule has 0 heterocycles. The maximum Gasteiger partial charge on any atom is -0.0357 e. The fraction of sp³-hybridized carbons (Fsp3) is 1.00. The first-order chi connectivity index (χ1) is 13.7. The van der Waals surface area contributed by atoms with E-state index in [0.717, 1.165) is 35.5 Å². The van der Waals surface area contributed by atoms with Crippen molar-refractivity contribution >= 4 is 0 Å². The van der Waals surface area contributed by atoms with Crippen LogP contribution in [0.2, 0.25) is 0 Å². The second-order valence-electron chi connectivity index (χ2n) is 11.0. The Hall–Kier alpha value is 0. The average molecular weight is 391 g/mol. The number of hydrogen-bond acceptors (Lipinski definition) is 0. The van der Waals surface area contributed by atoms with Gasteiger partial charge < -0.3 is 0 Å². The third-order valence-electron chi connectivity index (χ3n) is 8.78. The van der Waals surface area contributed by atoms with Crippen LogP contribution in [-0.4, -0.2) is 0 Å². The highest BCUT2D eigenvalue weighted by Crippen LogP contribution is 2.49. The van der Waals surface area contributed by atoms with Crippen LogP contribution in [0.25, 0.3) is 0 Å². The smallest absolute Gasteiger partial charge is 0.0357 e. The highest BCUT2D eigenvalue weighted by atomic mass is 14.4. The largest absolute Gasteiger partial charge is 0.0654 e. The first-order valence-corrected chi connectivity index (χ1v) is 13.7. The normalized spacial score (nSPS) is 31.9. The summed E-state index contributed by atoms with van der Waals surface area (Å²) in [6.45, 7) is 9.39. The van der Waals surface area contributed by atoms with Crippen molar-refractivity contribution < 1.29 is 0 Å². The van der Waals surface area contributed by atoms with Crippen molar-refractivity contribution in [3.05, 3.63) is 0 Å². The van der Waals surface area contributed by atoms with Gasteiger partial charge in [-0.25, -0.2) is 0 Å². The minimum atomic E-state index is 0.949. The zero-order valence-electron chi connectivity index (χ0n) is 20.2. The zero-order chi connectivity index (χ0) is 20.2. The Kier molecular flexibility index (Phi) is 12.2. The summed E-state index contributed by atoms with van der Waals surface area (Å²) < 4.78 is 0. The zero-order valence-corrected chi connectivity index (χ0v) is 20.2.